The van der Waals surface area contributed by atoms with Gasteiger partial charge in [-0.15, -0.1) is 11.3 Å². The Morgan fingerprint density at radius 2 is 1.27 bits per heavy atom. The standard InChI is InChI=1S/C46H37NS/c1-45(2)37-17-10-8-15-34(37)44-38(45)18-11-19-40(44)47(29-21-23-33-32-14-7-9-16-36(32)46(3,4)39(33)26-29)30-22-24-35-42(27-30)48-41-25-20-28-12-5-6-13-31(28)43(35)41/h5-21,23,25-27H,22,24H2,1-4H3. The topological polar surface area (TPSA) is 3.24 Å². The number of thiophene rings is 1. The van der Waals surface area contributed by atoms with E-state index < -0.39 is 0 Å². The van der Waals surface area contributed by atoms with Crippen LogP contribution in [0.5, 0.6) is 0 Å². The number of hydrogen-bond acceptors (Lipinski definition) is 2. The fraction of sp³-hybridized carbons (Fsp3) is 0.174. The van der Waals surface area contributed by atoms with Gasteiger partial charge in [0.25, 0.3) is 0 Å². The third-order valence-corrected chi connectivity index (χ3v) is 12.7. The van der Waals surface area contributed by atoms with Crippen LogP contribution in [0.25, 0.3) is 49.2 Å². The molecular weight excluding hydrogens is 599 g/mol. The summed E-state index contributed by atoms with van der Waals surface area (Å²) in [5, 5.41) is 4.15. The molecule has 1 aromatic heterocycles. The van der Waals surface area contributed by atoms with E-state index in [1.165, 1.54) is 92.9 Å². The maximum Gasteiger partial charge on any atom is 0.0540 e. The van der Waals surface area contributed by atoms with Crippen molar-refractivity contribution in [3.8, 4) is 22.3 Å². The summed E-state index contributed by atoms with van der Waals surface area (Å²) in [6.45, 7) is 9.54. The van der Waals surface area contributed by atoms with Crippen molar-refractivity contribution in [3.05, 3.63) is 160 Å². The van der Waals surface area contributed by atoms with Crippen molar-refractivity contribution in [2.75, 3.05) is 4.90 Å². The van der Waals surface area contributed by atoms with Gasteiger partial charge in [-0.3, -0.25) is 0 Å². The third kappa shape index (κ3) is 3.73. The highest BCUT2D eigenvalue weighted by Gasteiger charge is 2.39. The number of allylic oxidation sites excluding steroid dienone is 1. The van der Waals surface area contributed by atoms with Gasteiger partial charge in [0.15, 0.2) is 0 Å². The molecule has 0 saturated carbocycles. The Balaban J connectivity index is 1.22. The molecule has 0 radical (unpaired) electrons. The van der Waals surface area contributed by atoms with E-state index in [1.54, 1.807) is 0 Å². The van der Waals surface area contributed by atoms with Crippen LogP contribution >= 0.6 is 11.3 Å². The Hall–Kier alpha value is -4.92. The van der Waals surface area contributed by atoms with Gasteiger partial charge < -0.3 is 4.90 Å². The SMILES string of the molecule is CC1(C)c2ccccc2-c2ccc(N(C3=Cc4sc5ccc6ccccc6c5c4CC3)c3cccc4c3-c3ccccc3C4(C)C)cc21. The fourth-order valence-electron chi connectivity index (χ4n) is 9.18. The first-order chi connectivity index (χ1) is 23.3. The molecule has 0 aliphatic heterocycles. The molecule has 0 bridgehead atoms. The van der Waals surface area contributed by atoms with E-state index in [-0.39, 0.29) is 10.8 Å². The minimum atomic E-state index is -0.0680. The largest absolute Gasteiger partial charge is 0.314 e. The minimum Gasteiger partial charge on any atom is -0.314 e. The summed E-state index contributed by atoms with van der Waals surface area (Å²) in [5.41, 5.74) is 16.4. The van der Waals surface area contributed by atoms with Gasteiger partial charge in [-0.25, -0.2) is 0 Å². The van der Waals surface area contributed by atoms with Crippen LogP contribution in [-0.2, 0) is 17.3 Å². The smallest absolute Gasteiger partial charge is 0.0540 e. The summed E-state index contributed by atoms with van der Waals surface area (Å²) >= 11 is 1.95. The van der Waals surface area contributed by atoms with Crippen molar-refractivity contribution in [3.63, 3.8) is 0 Å². The lowest BCUT2D eigenvalue weighted by atomic mass is 9.82. The minimum absolute atomic E-state index is 0.0597. The van der Waals surface area contributed by atoms with Crippen LogP contribution in [0.15, 0.2) is 127 Å². The highest BCUT2D eigenvalue weighted by atomic mass is 32.1. The molecule has 6 aromatic carbocycles. The Bertz CT molecular complexity index is 2520. The quantitative estimate of drug-likeness (QED) is 0.187. The van der Waals surface area contributed by atoms with Crippen LogP contribution in [0.1, 0.15) is 66.8 Å². The first kappa shape index (κ1) is 28.1. The molecule has 0 amide bonds. The Morgan fingerprint density at radius 3 is 2.12 bits per heavy atom. The van der Waals surface area contributed by atoms with Gasteiger partial charge in [-0.1, -0.05) is 125 Å². The molecule has 3 aliphatic rings. The van der Waals surface area contributed by atoms with Crippen LogP contribution in [0.2, 0.25) is 0 Å². The van der Waals surface area contributed by atoms with E-state index in [9.17, 15) is 0 Å². The van der Waals surface area contributed by atoms with Crippen molar-refractivity contribution in [1.29, 1.82) is 0 Å². The zero-order valence-electron chi connectivity index (χ0n) is 27.9. The molecule has 0 saturated heterocycles. The summed E-state index contributed by atoms with van der Waals surface area (Å²) in [6, 6.07) is 45.7. The second-order valence-electron chi connectivity index (χ2n) is 14.8. The lowest BCUT2D eigenvalue weighted by molar-refractivity contribution is 0.660. The molecule has 0 unspecified atom stereocenters. The molecule has 10 rings (SSSR count). The van der Waals surface area contributed by atoms with Crippen molar-refractivity contribution in [1.82, 2.24) is 0 Å². The van der Waals surface area contributed by atoms with Crippen LogP contribution < -0.4 is 4.90 Å². The van der Waals surface area contributed by atoms with Gasteiger partial charge >= 0.3 is 0 Å². The van der Waals surface area contributed by atoms with Crippen LogP contribution in [-0.4, -0.2) is 0 Å². The molecule has 3 aliphatic carbocycles. The van der Waals surface area contributed by atoms with Crippen LogP contribution in [0.3, 0.4) is 0 Å². The molecule has 7 aromatic rings. The molecule has 0 N–H and O–H groups in total. The number of hydrogen-bond donors (Lipinski definition) is 0. The van der Waals surface area contributed by atoms with Gasteiger partial charge in [0.05, 0.1) is 5.69 Å². The zero-order chi connectivity index (χ0) is 32.4. The summed E-state index contributed by atoms with van der Waals surface area (Å²) in [4.78, 5) is 4.01. The first-order valence-corrected chi connectivity index (χ1v) is 18.1. The summed E-state index contributed by atoms with van der Waals surface area (Å²) in [6.07, 6.45) is 4.53. The van der Waals surface area contributed by atoms with Gasteiger partial charge in [-0.05, 0) is 98.5 Å². The molecule has 2 heteroatoms. The maximum atomic E-state index is 2.61. The molecular formula is C46H37NS. The van der Waals surface area contributed by atoms with Crippen LogP contribution in [0.4, 0.5) is 11.4 Å². The van der Waals surface area contributed by atoms with E-state index in [0.29, 0.717) is 0 Å². The average molecular weight is 636 g/mol. The Morgan fingerprint density at radius 1 is 0.583 bits per heavy atom. The predicted molar refractivity (Wildman–Crippen MR) is 206 cm³/mol. The zero-order valence-corrected chi connectivity index (χ0v) is 28.7. The maximum absolute atomic E-state index is 2.61. The molecule has 1 heterocycles. The molecule has 0 fully saturated rings. The molecule has 232 valence electrons. The van der Waals surface area contributed by atoms with E-state index in [0.717, 1.165) is 12.8 Å². The van der Waals surface area contributed by atoms with Crippen molar-refractivity contribution < 1.29 is 0 Å². The summed E-state index contributed by atoms with van der Waals surface area (Å²) < 4.78 is 1.39. The molecule has 48 heavy (non-hydrogen) atoms. The van der Waals surface area contributed by atoms with Crippen molar-refractivity contribution >= 4 is 49.6 Å². The van der Waals surface area contributed by atoms with E-state index in [1.807, 2.05) is 11.3 Å². The summed E-state index contributed by atoms with van der Waals surface area (Å²) in [5.74, 6) is 0. The Labute approximate surface area is 286 Å². The highest BCUT2D eigenvalue weighted by molar-refractivity contribution is 7.20. The first-order valence-electron chi connectivity index (χ1n) is 17.2. The Kier molecular flexibility index (Phi) is 5.75. The molecule has 1 nitrogen and oxygen atoms in total. The summed E-state index contributed by atoms with van der Waals surface area (Å²) in [7, 11) is 0. The van der Waals surface area contributed by atoms with E-state index >= 15 is 0 Å². The number of nitrogens with zero attached hydrogens (tertiary/aromatic N) is 1. The average Bonchev–Trinajstić information content (AvgIpc) is 3.68. The number of benzene rings is 6. The lowest BCUT2D eigenvalue weighted by Gasteiger charge is -2.33. The van der Waals surface area contributed by atoms with Gasteiger partial charge in [-0.2, -0.15) is 0 Å². The second kappa shape index (κ2) is 9.81. The van der Waals surface area contributed by atoms with Gasteiger partial charge in [0.1, 0.15) is 0 Å². The van der Waals surface area contributed by atoms with Crippen molar-refractivity contribution in [2.24, 2.45) is 0 Å². The lowest BCUT2D eigenvalue weighted by Crippen LogP contribution is -2.21. The highest BCUT2D eigenvalue weighted by Crippen LogP contribution is 2.56. The number of rotatable bonds is 3. The molecule has 0 spiro atoms. The fourth-order valence-corrected chi connectivity index (χ4v) is 10.4. The van der Waals surface area contributed by atoms with Gasteiger partial charge in [0.2, 0.25) is 0 Å². The number of anilines is 2. The van der Waals surface area contributed by atoms with Gasteiger partial charge in [0, 0.05) is 42.7 Å². The number of aryl methyl sites for hydroxylation is 1. The van der Waals surface area contributed by atoms with E-state index in [4.69, 9.17) is 0 Å². The second-order valence-corrected chi connectivity index (χ2v) is 15.9. The van der Waals surface area contributed by atoms with Crippen molar-refractivity contribution in [2.45, 2.75) is 51.4 Å². The normalized spacial score (nSPS) is 16.2. The van der Waals surface area contributed by atoms with Crippen LogP contribution in [0, 0.1) is 0 Å². The van der Waals surface area contributed by atoms with E-state index in [2.05, 4.69) is 160 Å². The monoisotopic (exact) mass is 635 g/mol. The predicted octanol–water partition coefficient (Wildman–Crippen LogP) is 12.8. The number of fused-ring (bicyclic) bond motifs is 11. The molecule has 0 atom stereocenters. The third-order valence-electron chi connectivity index (χ3n) is 11.6.